The summed E-state index contributed by atoms with van der Waals surface area (Å²) in [7, 11) is 0. The Bertz CT molecular complexity index is 315. The number of rotatable bonds is 3. The molecule has 0 spiro atoms. The number of carbonyl (C=O) groups is 1. The van der Waals surface area contributed by atoms with Gasteiger partial charge in [-0.05, 0) is 30.2 Å². The second-order valence-corrected chi connectivity index (χ2v) is 4.57. The second kappa shape index (κ2) is 3.92. The smallest absolute Gasteiger partial charge is 0.163 e. The Kier molecular flexibility index (Phi) is 3.09. The molecule has 0 bridgehead atoms. The minimum atomic E-state index is 0.0781. The molecular weight excluding hydrogens is 182 g/mol. The third-order valence-corrected chi connectivity index (χ3v) is 2.74. The first-order valence-electron chi connectivity index (χ1n) is 4.39. The van der Waals surface area contributed by atoms with E-state index in [-0.39, 0.29) is 5.78 Å². The molecule has 0 saturated carbocycles. The molecule has 1 aromatic rings. The van der Waals surface area contributed by atoms with Crippen molar-refractivity contribution in [3.8, 4) is 0 Å². The Labute approximate surface area is 82.8 Å². The summed E-state index contributed by atoms with van der Waals surface area (Å²) in [5, 5.41) is 2.65. The summed E-state index contributed by atoms with van der Waals surface area (Å²) in [5.41, 5.74) is 7.55. The van der Waals surface area contributed by atoms with Gasteiger partial charge in [0.1, 0.15) is 0 Å². The number of anilines is 1. The van der Waals surface area contributed by atoms with Crippen LogP contribution in [0.25, 0.3) is 0 Å². The monoisotopic (exact) mass is 197 g/mol. The van der Waals surface area contributed by atoms with Gasteiger partial charge in [-0.2, -0.15) is 0 Å². The fourth-order valence-corrected chi connectivity index (χ4v) is 2.28. The molecular formula is C10H15NOS. The first kappa shape index (κ1) is 10.3. The van der Waals surface area contributed by atoms with Crippen LogP contribution in [0.4, 0.5) is 5.00 Å². The van der Waals surface area contributed by atoms with Crippen LogP contribution in [0.1, 0.15) is 36.7 Å². The zero-order chi connectivity index (χ0) is 10.0. The lowest BCUT2D eigenvalue weighted by molar-refractivity contribution is 0.101. The molecule has 0 fully saturated rings. The van der Waals surface area contributed by atoms with E-state index >= 15 is 0 Å². The molecule has 0 aliphatic rings. The lowest BCUT2D eigenvalue weighted by Gasteiger charge is -2.04. The number of hydrogen-bond acceptors (Lipinski definition) is 3. The molecule has 0 aliphatic carbocycles. The summed E-state index contributed by atoms with van der Waals surface area (Å²) in [4.78, 5) is 11.3. The van der Waals surface area contributed by atoms with Gasteiger partial charge in [0.15, 0.2) is 5.78 Å². The molecule has 0 radical (unpaired) electrons. The lowest BCUT2D eigenvalue weighted by atomic mass is 10.00. The van der Waals surface area contributed by atoms with Crippen LogP contribution in [0.15, 0.2) is 5.38 Å². The molecule has 0 amide bonds. The number of nitrogens with two attached hydrogens (primary N) is 1. The summed E-state index contributed by atoms with van der Waals surface area (Å²) in [6, 6.07) is 0. The van der Waals surface area contributed by atoms with Crippen LogP contribution in [0.3, 0.4) is 0 Å². The SMILES string of the molecule is CC(=O)c1c(CC(C)C)csc1N. The average Bonchev–Trinajstić information content (AvgIpc) is 2.30. The Morgan fingerprint density at radius 2 is 2.23 bits per heavy atom. The van der Waals surface area contributed by atoms with Crippen molar-refractivity contribution in [2.75, 3.05) is 5.73 Å². The van der Waals surface area contributed by atoms with E-state index < -0.39 is 0 Å². The maximum absolute atomic E-state index is 11.3. The zero-order valence-electron chi connectivity index (χ0n) is 8.26. The van der Waals surface area contributed by atoms with E-state index in [1.165, 1.54) is 11.3 Å². The molecule has 2 nitrogen and oxygen atoms in total. The number of hydrogen-bond donors (Lipinski definition) is 1. The molecule has 0 aromatic carbocycles. The average molecular weight is 197 g/mol. The van der Waals surface area contributed by atoms with Crippen LogP contribution in [-0.2, 0) is 6.42 Å². The zero-order valence-corrected chi connectivity index (χ0v) is 9.07. The Hall–Kier alpha value is -0.830. The molecule has 0 saturated heterocycles. The normalized spacial score (nSPS) is 10.8. The van der Waals surface area contributed by atoms with Gasteiger partial charge in [-0.1, -0.05) is 13.8 Å². The summed E-state index contributed by atoms with van der Waals surface area (Å²) < 4.78 is 0. The quantitative estimate of drug-likeness (QED) is 0.757. The molecule has 72 valence electrons. The maximum Gasteiger partial charge on any atom is 0.163 e. The van der Waals surface area contributed by atoms with Crippen molar-refractivity contribution in [2.45, 2.75) is 27.2 Å². The molecule has 1 aromatic heterocycles. The van der Waals surface area contributed by atoms with Gasteiger partial charge in [-0.15, -0.1) is 11.3 Å². The summed E-state index contributed by atoms with van der Waals surface area (Å²) in [5.74, 6) is 0.640. The minimum Gasteiger partial charge on any atom is -0.390 e. The van der Waals surface area contributed by atoms with E-state index in [9.17, 15) is 4.79 Å². The Morgan fingerprint density at radius 3 is 2.69 bits per heavy atom. The molecule has 1 rings (SSSR count). The highest BCUT2D eigenvalue weighted by Gasteiger charge is 2.13. The highest BCUT2D eigenvalue weighted by molar-refractivity contribution is 7.14. The predicted molar refractivity (Wildman–Crippen MR) is 57.3 cm³/mol. The van der Waals surface area contributed by atoms with Gasteiger partial charge in [0, 0.05) is 0 Å². The number of Topliss-reactive ketones (excluding diaryl/α,β-unsaturated/α-hetero) is 1. The van der Waals surface area contributed by atoms with E-state index in [0.717, 1.165) is 17.5 Å². The second-order valence-electron chi connectivity index (χ2n) is 3.65. The maximum atomic E-state index is 11.3. The van der Waals surface area contributed by atoms with Gasteiger partial charge in [0.25, 0.3) is 0 Å². The third kappa shape index (κ3) is 2.31. The van der Waals surface area contributed by atoms with Crippen molar-refractivity contribution >= 4 is 22.1 Å². The fraction of sp³-hybridized carbons (Fsp3) is 0.500. The van der Waals surface area contributed by atoms with Gasteiger partial charge in [0.2, 0.25) is 0 Å². The Morgan fingerprint density at radius 1 is 1.62 bits per heavy atom. The van der Waals surface area contributed by atoms with Gasteiger partial charge in [0.05, 0.1) is 10.6 Å². The van der Waals surface area contributed by atoms with Gasteiger partial charge in [-0.3, -0.25) is 4.79 Å². The van der Waals surface area contributed by atoms with Crippen LogP contribution in [0, 0.1) is 5.92 Å². The number of thiophene rings is 1. The van der Waals surface area contributed by atoms with Crippen LogP contribution >= 0.6 is 11.3 Å². The number of nitrogen functional groups attached to an aromatic ring is 1. The highest BCUT2D eigenvalue weighted by Crippen LogP contribution is 2.27. The minimum absolute atomic E-state index is 0.0781. The van der Waals surface area contributed by atoms with Crippen molar-refractivity contribution in [3.05, 3.63) is 16.5 Å². The largest absolute Gasteiger partial charge is 0.390 e. The third-order valence-electron chi connectivity index (χ3n) is 1.88. The number of carbonyl (C=O) groups excluding carboxylic acids is 1. The van der Waals surface area contributed by atoms with E-state index in [4.69, 9.17) is 5.73 Å². The van der Waals surface area contributed by atoms with Crippen molar-refractivity contribution in [1.29, 1.82) is 0 Å². The van der Waals surface area contributed by atoms with Crippen LogP contribution < -0.4 is 5.73 Å². The molecule has 3 heteroatoms. The fourth-order valence-electron chi connectivity index (χ4n) is 1.40. The molecule has 0 atom stereocenters. The van der Waals surface area contributed by atoms with Crippen molar-refractivity contribution < 1.29 is 4.79 Å². The molecule has 1 heterocycles. The van der Waals surface area contributed by atoms with E-state index in [1.54, 1.807) is 6.92 Å². The van der Waals surface area contributed by atoms with E-state index in [0.29, 0.717) is 10.9 Å². The molecule has 0 unspecified atom stereocenters. The molecule has 0 aliphatic heterocycles. The highest BCUT2D eigenvalue weighted by atomic mass is 32.1. The van der Waals surface area contributed by atoms with Gasteiger partial charge in [-0.25, -0.2) is 0 Å². The number of ketones is 1. The van der Waals surface area contributed by atoms with Gasteiger partial charge >= 0.3 is 0 Å². The van der Waals surface area contributed by atoms with Crippen LogP contribution in [0.2, 0.25) is 0 Å². The lowest BCUT2D eigenvalue weighted by Crippen LogP contribution is -2.02. The standard InChI is InChI=1S/C10H15NOS/c1-6(2)4-8-5-13-10(11)9(8)7(3)12/h5-6H,4,11H2,1-3H3. The predicted octanol–water partition coefficient (Wildman–Crippen LogP) is 2.73. The summed E-state index contributed by atoms with van der Waals surface area (Å²) in [6.07, 6.45) is 0.933. The summed E-state index contributed by atoms with van der Waals surface area (Å²) in [6.45, 7) is 5.85. The molecule has 13 heavy (non-hydrogen) atoms. The van der Waals surface area contributed by atoms with Crippen LogP contribution in [0.5, 0.6) is 0 Å². The Balaban J connectivity index is 3.00. The van der Waals surface area contributed by atoms with Crippen molar-refractivity contribution in [3.63, 3.8) is 0 Å². The van der Waals surface area contributed by atoms with Crippen molar-refractivity contribution in [1.82, 2.24) is 0 Å². The summed E-state index contributed by atoms with van der Waals surface area (Å²) >= 11 is 1.46. The van der Waals surface area contributed by atoms with E-state index in [2.05, 4.69) is 13.8 Å². The van der Waals surface area contributed by atoms with Crippen LogP contribution in [-0.4, -0.2) is 5.78 Å². The first-order chi connectivity index (χ1) is 6.02. The van der Waals surface area contributed by atoms with Crippen molar-refractivity contribution in [2.24, 2.45) is 5.92 Å². The molecule has 2 N–H and O–H groups in total. The van der Waals surface area contributed by atoms with Gasteiger partial charge < -0.3 is 5.73 Å². The first-order valence-corrected chi connectivity index (χ1v) is 5.27. The topological polar surface area (TPSA) is 43.1 Å². The van der Waals surface area contributed by atoms with E-state index in [1.807, 2.05) is 5.38 Å².